The maximum Gasteiger partial charge on any atom is 0.214 e. The molecule has 0 amide bonds. The van der Waals surface area contributed by atoms with Crippen molar-refractivity contribution >= 4 is 28.4 Å². The second-order valence-corrected chi connectivity index (χ2v) is 6.75. The van der Waals surface area contributed by atoms with Gasteiger partial charge in [-0.15, -0.1) is 0 Å². The SMILES string of the molecule is Cc1ccc(N=C(Nc2ccc(C)cc2)n2c(C)nc3ccccc32)cc1. The molecule has 0 bridgehead atoms. The van der Waals surface area contributed by atoms with Crippen LogP contribution in [0.5, 0.6) is 0 Å². The average Bonchev–Trinajstić information content (AvgIpc) is 3.00. The van der Waals surface area contributed by atoms with Crippen molar-refractivity contribution in [2.45, 2.75) is 20.8 Å². The van der Waals surface area contributed by atoms with Gasteiger partial charge in [-0.1, -0.05) is 47.5 Å². The first-order chi connectivity index (χ1) is 13.1. The van der Waals surface area contributed by atoms with E-state index in [1.165, 1.54) is 11.1 Å². The zero-order chi connectivity index (χ0) is 18.8. The quantitative estimate of drug-likeness (QED) is 0.375. The van der Waals surface area contributed by atoms with Gasteiger partial charge in [-0.25, -0.2) is 9.98 Å². The summed E-state index contributed by atoms with van der Waals surface area (Å²) in [6, 6.07) is 24.6. The smallest absolute Gasteiger partial charge is 0.214 e. The van der Waals surface area contributed by atoms with Crippen LogP contribution in [0.25, 0.3) is 11.0 Å². The van der Waals surface area contributed by atoms with E-state index >= 15 is 0 Å². The summed E-state index contributed by atoms with van der Waals surface area (Å²) in [4.78, 5) is 9.59. The lowest BCUT2D eigenvalue weighted by atomic mass is 10.2. The summed E-state index contributed by atoms with van der Waals surface area (Å²) in [6.45, 7) is 6.16. The number of benzene rings is 3. The van der Waals surface area contributed by atoms with Crippen molar-refractivity contribution < 1.29 is 0 Å². The van der Waals surface area contributed by atoms with Gasteiger partial charge >= 0.3 is 0 Å². The van der Waals surface area contributed by atoms with Crippen molar-refractivity contribution in [2.24, 2.45) is 4.99 Å². The molecule has 3 aromatic carbocycles. The first-order valence-corrected chi connectivity index (χ1v) is 9.04. The number of anilines is 1. The number of nitrogens with one attached hydrogen (secondary N) is 1. The minimum absolute atomic E-state index is 0.730. The fourth-order valence-electron chi connectivity index (χ4n) is 3.06. The Hall–Kier alpha value is -3.40. The van der Waals surface area contributed by atoms with Crippen LogP contribution in [0.3, 0.4) is 0 Å². The van der Waals surface area contributed by atoms with Gasteiger partial charge in [0, 0.05) is 5.69 Å². The number of aliphatic imine (C=N–C) groups is 1. The van der Waals surface area contributed by atoms with E-state index in [1.807, 2.05) is 37.3 Å². The molecule has 0 atom stereocenters. The summed E-state index contributed by atoms with van der Waals surface area (Å²) in [6.07, 6.45) is 0. The molecular weight excluding hydrogens is 332 g/mol. The number of fused-ring (bicyclic) bond motifs is 1. The lowest BCUT2D eigenvalue weighted by molar-refractivity contribution is 1.04. The Morgan fingerprint density at radius 1 is 0.815 bits per heavy atom. The number of aromatic nitrogens is 2. The number of rotatable bonds is 2. The third-order valence-electron chi connectivity index (χ3n) is 4.52. The Kier molecular flexibility index (Phi) is 4.47. The van der Waals surface area contributed by atoms with E-state index in [0.717, 1.165) is 34.2 Å². The molecule has 4 nitrogen and oxygen atoms in total. The highest BCUT2D eigenvalue weighted by molar-refractivity contribution is 6.02. The van der Waals surface area contributed by atoms with Crippen LogP contribution in [0, 0.1) is 20.8 Å². The molecule has 0 fully saturated rings. The zero-order valence-electron chi connectivity index (χ0n) is 15.8. The molecule has 1 aromatic heterocycles. The van der Waals surface area contributed by atoms with Crippen molar-refractivity contribution in [1.82, 2.24) is 9.55 Å². The minimum Gasteiger partial charge on any atom is -0.325 e. The summed E-state index contributed by atoms with van der Waals surface area (Å²) < 4.78 is 2.06. The van der Waals surface area contributed by atoms with Gasteiger partial charge in [-0.3, -0.25) is 4.57 Å². The lowest BCUT2D eigenvalue weighted by Crippen LogP contribution is -2.22. The Labute approximate surface area is 159 Å². The molecule has 0 aliphatic carbocycles. The molecule has 1 heterocycles. The van der Waals surface area contributed by atoms with Crippen LogP contribution >= 0.6 is 0 Å². The summed E-state index contributed by atoms with van der Waals surface area (Å²) in [7, 11) is 0. The number of aryl methyl sites for hydroxylation is 3. The second-order valence-electron chi connectivity index (χ2n) is 6.75. The molecule has 0 saturated carbocycles. The first-order valence-electron chi connectivity index (χ1n) is 9.04. The normalized spacial score (nSPS) is 11.7. The van der Waals surface area contributed by atoms with Gasteiger partial charge in [-0.2, -0.15) is 0 Å². The van der Waals surface area contributed by atoms with Crippen LogP contribution in [0.2, 0.25) is 0 Å². The molecule has 0 saturated heterocycles. The van der Waals surface area contributed by atoms with Crippen LogP contribution in [0.15, 0.2) is 77.8 Å². The number of nitrogens with zero attached hydrogens (tertiary/aromatic N) is 3. The highest BCUT2D eigenvalue weighted by Crippen LogP contribution is 2.20. The van der Waals surface area contributed by atoms with E-state index in [1.54, 1.807) is 0 Å². The molecule has 4 rings (SSSR count). The number of para-hydroxylation sites is 2. The molecule has 134 valence electrons. The van der Waals surface area contributed by atoms with Gasteiger partial charge in [-0.05, 0) is 57.2 Å². The Bertz CT molecular complexity index is 1100. The van der Waals surface area contributed by atoms with E-state index in [2.05, 4.69) is 71.2 Å². The molecule has 4 aromatic rings. The van der Waals surface area contributed by atoms with E-state index in [-0.39, 0.29) is 0 Å². The van der Waals surface area contributed by atoms with E-state index in [9.17, 15) is 0 Å². The second kappa shape index (κ2) is 7.08. The van der Waals surface area contributed by atoms with Gasteiger partial charge in [0.05, 0.1) is 16.7 Å². The average molecular weight is 354 g/mol. The fourth-order valence-corrected chi connectivity index (χ4v) is 3.06. The van der Waals surface area contributed by atoms with Gasteiger partial charge in [0.2, 0.25) is 5.96 Å². The lowest BCUT2D eigenvalue weighted by Gasteiger charge is -2.14. The molecule has 0 radical (unpaired) electrons. The maximum atomic E-state index is 4.90. The van der Waals surface area contributed by atoms with E-state index in [0.29, 0.717) is 0 Å². The van der Waals surface area contributed by atoms with Crippen molar-refractivity contribution in [3.8, 4) is 0 Å². The van der Waals surface area contributed by atoms with Crippen LogP contribution in [0.4, 0.5) is 11.4 Å². The van der Waals surface area contributed by atoms with Crippen molar-refractivity contribution in [3.63, 3.8) is 0 Å². The van der Waals surface area contributed by atoms with Crippen molar-refractivity contribution in [2.75, 3.05) is 5.32 Å². The summed E-state index contributed by atoms with van der Waals surface area (Å²) in [5, 5.41) is 3.48. The predicted molar refractivity (Wildman–Crippen MR) is 113 cm³/mol. The minimum atomic E-state index is 0.730. The third kappa shape index (κ3) is 3.60. The first kappa shape index (κ1) is 17.0. The van der Waals surface area contributed by atoms with Gasteiger partial charge < -0.3 is 5.32 Å². The Balaban J connectivity index is 1.85. The van der Waals surface area contributed by atoms with Gasteiger partial charge in [0.15, 0.2) is 0 Å². The zero-order valence-corrected chi connectivity index (χ0v) is 15.8. The number of hydrogen-bond donors (Lipinski definition) is 1. The number of imidazole rings is 1. The molecule has 0 aliphatic rings. The fraction of sp³-hybridized carbons (Fsp3) is 0.130. The summed E-state index contributed by atoms with van der Waals surface area (Å²) in [5.41, 5.74) is 6.31. The largest absolute Gasteiger partial charge is 0.325 e. The monoisotopic (exact) mass is 354 g/mol. The maximum absolute atomic E-state index is 4.90. The topological polar surface area (TPSA) is 42.2 Å². The molecule has 0 spiro atoms. The van der Waals surface area contributed by atoms with Crippen LogP contribution in [-0.2, 0) is 0 Å². The van der Waals surface area contributed by atoms with Gasteiger partial charge in [0.1, 0.15) is 5.82 Å². The summed E-state index contributed by atoms with van der Waals surface area (Å²) >= 11 is 0. The molecule has 27 heavy (non-hydrogen) atoms. The van der Waals surface area contributed by atoms with Crippen LogP contribution in [0.1, 0.15) is 17.0 Å². The van der Waals surface area contributed by atoms with Crippen LogP contribution in [-0.4, -0.2) is 15.5 Å². The molecule has 0 unspecified atom stereocenters. The third-order valence-corrected chi connectivity index (χ3v) is 4.52. The van der Waals surface area contributed by atoms with Crippen molar-refractivity contribution in [3.05, 3.63) is 89.7 Å². The molecule has 0 aliphatic heterocycles. The van der Waals surface area contributed by atoms with Crippen molar-refractivity contribution in [1.29, 1.82) is 0 Å². The highest BCUT2D eigenvalue weighted by Gasteiger charge is 2.13. The van der Waals surface area contributed by atoms with E-state index < -0.39 is 0 Å². The number of hydrogen-bond acceptors (Lipinski definition) is 2. The molecule has 4 heteroatoms. The summed E-state index contributed by atoms with van der Waals surface area (Å²) in [5.74, 6) is 1.62. The highest BCUT2D eigenvalue weighted by atomic mass is 15.3. The Morgan fingerprint density at radius 3 is 2.15 bits per heavy atom. The predicted octanol–water partition coefficient (Wildman–Crippen LogP) is 5.61. The van der Waals surface area contributed by atoms with Crippen LogP contribution < -0.4 is 5.32 Å². The standard InChI is InChI=1S/C23H22N4/c1-16-8-12-19(13-9-16)25-23(26-20-14-10-17(2)11-15-20)27-18(3)24-21-6-4-5-7-22(21)27/h4-15H,1-3H3,(H,25,26). The Morgan fingerprint density at radius 2 is 1.44 bits per heavy atom. The molecule has 1 N–H and O–H groups in total. The molecular formula is C23H22N4. The van der Waals surface area contributed by atoms with E-state index in [4.69, 9.17) is 4.99 Å². The van der Waals surface area contributed by atoms with Gasteiger partial charge in [0.25, 0.3) is 0 Å².